The maximum absolute atomic E-state index is 12.1. The molecule has 1 aliphatic rings. The van der Waals surface area contributed by atoms with Crippen molar-refractivity contribution in [1.29, 1.82) is 0 Å². The number of hydrogen-bond acceptors (Lipinski definition) is 4. The molecule has 0 aliphatic heterocycles. The lowest BCUT2D eigenvalue weighted by Crippen LogP contribution is -2.45. The summed E-state index contributed by atoms with van der Waals surface area (Å²) < 4.78 is 5.14. The summed E-state index contributed by atoms with van der Waals surface area (Å²) in [5, 5.41) is 0. The Kier molecular flexibility index (Phi) is 3.88. The Morgan fingerprint density at radius 2 is 1.55 bits per heavy atom. The van der Waals surface area contributed by atoms with Gasteiger partial charge in [0.05, 0.1) is 0 Å². The summed E-state index contributed by atoms with van der Waals surface area (Å²) in [6.45, 7) is 3.42. The van der Waals surface area contributed by atoms with Crippen LogP contribution in [0.25, 0.3) is 0 Å². The molecule has 20 heavy (non-hydrogen) atoms. The van der Waals surface area contributed by atoms with Crippen LogP contribution < -0.4 is 4.74 Å². The van der Waals surface area contributed by atoms with Crippen LogP contribution in [0, 0.1) is 11.8 Å². The highest BCUT2D eigenvalue weighted by atomic mass is 16.6. The van der Waals surface area contributed by atoms with Gasteiger partial charge in [0, 0.05) is 18.9 Å². The Labute approximate surface area is 117 Å². The van der Waals surface area contributed by atoms with Crippen molar-refractivity contribution in [3.63, 3.8) is 0 Å². The van der Waals surface area contributed by atoms with Crippen LogP contribution in [-0.2, 0) is 9.59 Å². The molecule has 0 heterocycles. The van der Waals surface area contributed by atoms with Crippen LogP contribution in [0.15, 0.2) is 30.3 Å². The number of nitrogens with zero attached hydrogens (tertiary/aromatic N) is 1. The smallest absolute Gasteiger partial charge is 0.410 e. The van der Waals surface area contributed by atoms with E-state index in [9.17, 15) is 14.4 Å². The van der Waals surface area contributed by atoms with Gasteiger partial charge in [-0.25, -0.2) is 4.79 Å². The minimum Gasteiger partial charge on any atom is -0.410 e. The molecule has 2 unspecified atom stereocenters. The standard InChI is InChI=1S/C15H17NO4/c1-9-10(2)14(18)12(13(9)17)16(3)15(19)20-11-7-5-4-6-8-11/h4-10,12H,1-3H3. The van der Waals surface area contributed by atoms with Crippen molar-refractivity contribution in [2.24, 2.45) is 11.8 Å². The molecule has 1 saturated carbocycles. The van der Waals surface area contributed by atoms with E-state index in [1.54, 1.807) is 44.2 Å². The zero-order valence-corrected chi connectivity index (χ0v) is 11.7. The summed E-state index contributed by atoms with van der Waals surface area (Å²) in [5.74, 6) is -0.799. The third kappa shape index (κ3) is 2.43. The lowest BCUT2D eigenvalue weighted by Gasteiger charge is -2.21. The number of carbonyl (C=O) groups excluding carboxylic acids is 3. The zero-order valence-electron chi connectivity index (χ0n) is 11.7. The quantitative estimate of drug-likeness (QED) is 0.773. The van der Waals surface area contributed by atoms with Crippen molar-refractivity contribution in [2.75, 3.05) is 7.05 Å². The second-order valence-corrected chi connectivity index (χ2v) is 5.08. The number of para-hydroxylation sites is 1. The number of Topliss-reactive ketones (excluding diaryl/α,β-unsaturated/α-hetero) is 2. The van der Waals surface area contributed by atoms with Gasteiger partial charge in [0.15, 0.2) is 17.6 Å². The fourth-order valence-electron chi connectivity index (χ4n) is 2.28. The van der Waals surface area contributed by atoms with Gasteiger partial charge < -0.3 is 4.74 Å². The molecule has 0 radical (unpaired) electrons. The van der Waals surface area contributed by atoms with Crippen LogP contribution in [0.3, 0.4) is 0 Å². The molecule has 5 heteroatoms. The second kappa shape index (κ2) is 5.45. The molecule has 2 rings (SSSR count). The SMILES string of the molecule is CC1C(=O)C(N(C)C(=O)Oc2ccccc2)C(=O)C1C. The first kappa shape index (κ1) is 14.2. The zero-order chi connectivity index (χ0) is 14.9. The van der Waals surface area contributed by atoms with Gasteiger partial charge in [-0.15, -0.1) is 0 Å². The highest BCUT2D eigenvalue weighted by Gasteiger charge is 2.48. The average molecular weight is 275 g/mol. The predicted octanol–water partition coefficient (Wildman–Crippen LogP) is 1.91. The third-order valence-corrected chi connectivity index (χ3v) is 3.81. The molecule has 0 saturated heterocycles. The van der Waals surface area contributed by atoms with Crippen LogP contribution in [0.1, 0.15) is 13.8 Å². The molecule has 1 amide bonds. The molecule has 0 aromatic heterocycles. The van der Waals surface area contributed by atoms with Crippen LogP contribution >= 0.6 is 0 Å². The normalized spacial score (nSPS) is 25.6. The second-order valence-electron chi connectivity index (χ2n) is 5.08. The summed E-state index contributed by atoms with van der Waals surface area (Å²) in [4.78, 5) is 37.2. The van der Waals surface area contributed by atoms with E-state index in [-0.39, 0.29) is 23.4 Å². The van der Waals surface area contributed by atoms with E-state index in [1.807, 2.05) is 0 Å². The number of ketones is 2. The average Bonchev–Trinajstić information content (AvgIpc) is 2.63. The Balaban J connectivity index is 2.11. The summed E-state index contributed by atoms with van der Waals surface area (Å²) in [6, 6.07) is 7.51. The van der Waals surface area contributed by atoms with E-state index < -0.39 is 12.1 Å². The summed E-state index contributed by atoms with van der Waals surface area (Å²) in [6.07, 6.45) is -0.704. The van der Waals surface area contributed by atoms with E-state index in [0.717, 1.165) is 4.90 Å². The Morgan fingerprint density at radius 1 is 1.05 bits per heavy atom. The van der Waals surface area contributed by atoms with Gasteiger partial charge in [-0.1, -0.05) is 32.0 Å². The predicted molar refractivity (Wildman–Crippen MR) is 72.4 cm³/mol. The van der Waals surface area contributed by atoms with Gasteiger partial charge in [-0.05, 0) is 12.1 Å². The first-order valence-electron chi connectivity index (χ1n) is 6.50. The lowest BCUT2D eigenvalue weighted by atomic mass is 10.00. The molecular weight excluding hydrogens is 258 g/mol. The van der Waals surface area contributed by atoms with Crippen LogP contribution in [0.2, 0.25) is 0 Å². The van der Waals surface area contributed by atoms with Gasteiger partial charge in [0.2, 0.25) is 0 Å². The molecule has 2 atom stereocenters. The Morgan fingerprint density at radius 3 is 2.05 bits per heavy atom. The first-order valence-corrected chi connectivity index (χ1v) is 6.50. The molecule has 0 N–H and O–H groups in total. The topological polar surface area (TPSA) is 63.7 Å². The van der Waals surface area contributed by atoms with Crippen LogP contribution in [0.5, 0.6) is 5.75 Å². The van der Waals surface area contributed by atoms with Gasteiger partial charge in [0.1, 0.15) is 5.75 Å². The van der Waals surface area contributed by atoms with E-state index in [0.29, 0.717) is 5.75 Å². The van der Waals surface area contributed by atoms with Crippen molar-refractivity contribution in [3.8, 4) is 5.75 Å². The molecule has 0 spiro atoms. The largest absolute Gasteiger partial charge is 0.415 e. The number of benzene rings is 1. The molecule has 5 nitrogen and oxygen atoms in total. The number of hydrogen-bond donors (Lipinski definition) is 0. The van der Waals surface area contributed by atoms with Gasteiger partial charge in [-0.2, -0.15) is 0 Å². The van der Waals surface area contributed by atoms with E-state index >= 15 is 0 Å². The highest BCUT2D eigenvalue weighted by molar-refractivity contribution is 6.15. The maximum Gasteiger partial charge on any atom is 0.415 e. The van der Waals surface area contributed by atoms with Crippen molar-refractivity contribution >= 4 is 17.7 Å². The molecule has 1 fully saturated rings. The van der Waals surface area contributed by atoms with Crippen molar-refractivity contribution in [1.82, 2.24) is 4.90 Å². The van der Waals surface area contributed by atoms with Gasteiger partial charge >= 0.3 is 6.09 Å². The van der Waals surface area contributed by atoms with Crippen molar-refractivity contribution in [2.45, 2.75) is 19.9 Å². The number of ether oxygens (including phenoxy) is 1. The van der Waals surface area contributed by atoms with E-state index in [4.69, 9.17) is 4.74 Å². The molecule has 0 bridgehead atoms. The number of likely N-dealkylation sites (N-methyl/N-ethyl adjacent to an activating group) is 1. The first-order chi connectivity index (χ1) is 9.43. The fraction of sp³-hybridized carbons (Fsp3) is 0.400. The minimum absolute atomic E-state index is 0.227. The maximum atomic E-state index is 12.1. The summed E-state index contributed by atoms with van der Waals surface area (Å²) >= 11 is 0. The van der Waals surface area contributed by atoms with Crippen molar-refractivity contribution < 1.29 is 19.1 Å². The number of rotatable bonds is 2. The van der Waals surface area contributed by atoms with Gasteiger partial charge in [-0.3, -0.25) is 14.5 Å². The minimum atomic E-state index is -1.03. The van der Waals surface area contributed by atoms with Gasteiger partial charge in [0.25, 0.3) is 0 Å². The van der Waals surface area contributed by atoms with E-state index in [2.05, 4.69) is 0 Å². The highest BCUT2D eigenvalue weighted by Crippen LogP contribution is 2.28. The van der Waals surface area contributed by atoms with Crippen LogP contribution in [0.4, 0.5) is 4.79 Å². The lowest BCUT2D eigenvalue weighted by molar-refractivity contribution is -0.128. The summed E-state index contributed by atoms with van der Waals surface area (Å²) in [5.41, 5.74) is 0. The van der Waals surface area contributed by atoms with Crippen molar-refractivity contribution in [3.05, 3.63) is 30.3 Å². The summed E-state index contributed by atoms with van der Waals surface area (Å²) in [7, 11) is 1.41. The van der Waals surface area contributed by atoms with E-state index in [1.165, 1.54) is 7.05 Å². The molecule has 106 valence electrons. The third-order valence-electron chi connectivity index (χ3n) is 3.81. The fourth-order valence-corrected chi connectivity index (χ4v) is 2.28. The molecule has 1 aromatic rings. The molecule has 1 aliphatic carbocycles. The van der Waals surface area contributed by atoms with Crippen LogP contribution in [-0.4, -0.2) is 35.6 Å². The number of amides is 1. The Hall–Kier alpha value is -2.17. The molecule has 1 aromatic carbocycles. The monoisotopic (exact) mass is 275 g/mol. The molecular formula is C15H17NO4. The Bertz CT molecular complexity index is 520. The number of carbonyl (C=O) groups is 3.